The van der Waals surface area contributed by atoms with Crippen LogP contribution in [0.5, 0.6) is 5.75 Å². The van der Waals surface area contributed by atoms with Crippen molar-refractivity contribution in [1.82, 2.24) is 4.57 Å². The highest BCUT2D eigenvalue weighted by molar-refractivity contribution is 7.92. The normalized spacial score (nSPS) is 11.5. The Morgan fingerprint density at radius 1 is 1.23 bits per heavy atom. The zero-order chi connectivity index (χ0) is 22.6. The molecule has 0 aliphatic heterocycles. The highest BCUT2D eigenvalue weighted by atomic mass is 32.2. The summed E-state index contributed by atoms with van der Waals surface area (Å²) in [7, 11) is -2.06. The number of hydrogen-bond donors (Lipinski definition) is 1. The number of amides is 1. The minimum absolute atomic E-state index is 0.0295. The Hall–Kier alpha value is -2.85. The molecule has 2 aromatic carbocycles. The lowest BCUT2D eigenvalue weighted by Gasteiger charge is -2.24. The third kappa shape index (κ3) is 5.26. The van der Waals surface area contributed by atoms with Crippen LogP contribution in [0.4, 0.5) is 11.4 Å². The predicted molar refractivity (Wildman–Crippen MR) is 125 cm³/mol. The lowest BCUT2D eigenvalue weighted by atomic mass is 10.2. The number of methoxy groups -OCH3 is 1. The van der Waals surface area contributed by atoms with Gasteiger partial charge in [0.25, 0.3) is 0 Å². The highest BCUT2D eigenvalue weighted by Gasteiger charge is 2.21. The number of sulfonamides is 1. The SMILES string of the molecule is CCn1c(=O)sc2cc(NC(=O)CCCN(c3ccccc3OC)S(C)(=O)=O)ccc21. The van der Waals surface area contributed by atoms with Crippen molar-refractivity contribution >= 4 is 48.9 Å². The molecular formula is C21H25N3O5S2. The number of rotatable bonds is 9. The molecule has 31 heavy (non-hydrogen) atoms. The molecule has 0 spiro atoms. The number of thiazole rings is 1. The lowest BCUT2D eigenvalue weighted by molar-refractivity contribution is -0.116. The minimum atomic E-state index is -3.54. The second kappa shape index (κ2) is 9.52. The summed E-state index contributed by atoms with van der Waals surface area (Å²) < 4.78 is 33.6. The van der Waals surface area contributed by atoms with Crippen molar-refractivity contribution in [3.05, 3.63) is 52.1 Å². The average Bonchev–Trinajstić information content (AvgIpc) is 3.04. The average molecular weight is 464 g/mol. The molecule has 0 atom stereocenters. The second-order valence-electron chi connectivity index (χ2n) is 6.95. The van der Waals surface area contributed by atoms with Crippen molar-refractivity contribution < 1.29 is 17.9 Å². The molecule has 0 saturated heterocycles. The van der Waals surface area contributed by atoms with E-state index in [-0.39, 0.29) is 23.7 Å². The van der Waals surface area contributed by atoms with Gasteiger partial charge in [0, 0.05) is 25.2 Å². The zero-order valence-corrected chi connectivity index (χ0v) is 19.3. The number of anilines is 2. The maximum Gasteiger partial charge on any atom is 0.308 e. The van der Waals surface area contributed by atoms with Gasteiger partial charge in [0.05, 0.1) is 29.3 Å². The number of fused-ring (bicyclic) bond motifs is 1. The summed E-state index contributed by atoms with van der Waals surface area (Å²) in [5.74, 6) is 0.221. The molecule has 0 unspecified atom stereocenters. The molecule has 10 heteroatoms. The number of carbonyl (C=O) groups excluding carboxylic acids is 1. The van der Waals surface area contributed by atoms with Crippen molar-refractivity contribution in [3.8, 4) is 5.75 Å². The summed E-state index contributed by atoms with van der Waals surface area (Å²) in [6.45, 7) is 2.65. The topological polar surface area (TPSA) is 97.7 Å². The van der Waals surface area contributed by atoms with Gasteiger partial charge in [-0.25, -0.2) is 8.42 Å². The standard InChI is InChI=1S/C21H25N3O5S2/c1-4-23-17-12-11-15(14-19(17)30-21(23)26)22-20(25)10-7-13-24(31(3,27)28)16-8-5-6-9-18(16)29-2/h5-6,8-9,11-12,14H,4,7,10,13H2,1-3H3,(H,22,25). The van der Waals surface area contributed by atoms with E-state index in [2.05, 4.69) is 5.32 Å². The third-order valence-corrected chi connectivity index (χ3v) is 6.91. The molecule has 0 radical (unpaired) electrons. The molecule has 1 aromatic heterocycles. The number of benzene rings is 2. The number of hydrogen-bond acceptors (Lipinski definition) is 6. The van der Waals surface area contributed by atoms with Gasteiger partial charge in [0.2, 0.25) is 15.9 Å². The quantitative estimate of drug-likeness (QED) is 0.525. The summed E-state index contributed by atoms with van der Waals surface area (Å²) in [6.07, 6.45) is 1.60. The molecule has 0 aliphatic carbocycles. The van der Waals surface area contributed by atoms with E-state index in [9.17, 15) is 18.0 Å². The Morgan fingerprint density at radius 3 is 2.65 bits per heavy atom. The summed E-state index contributed by atoms with van der Waals surface area (Å²) >= 11 is 1.14. The molecule has 0 aliphatic rings. The van der Waals surface area contributed by atoms with Crippen molar-refractivity contribution in [2.24, 2.45) is 0 Å². The molecule has 1 N–H and O–H groups in total. The Kier molecular flexibility index (Phi) is 7.01. The summed E-state index contributed by atoms with van der Waals surface area (Å²) in [6, 6.07) is 12.2. The van der Waals surface area contributed by atoms with Gasteiger partial charge in [0.15, 0.2) is 0 Å². The van der Waals surface area contributed by atoms with Crippen LogP contribution >= 0.6 is 11.3 Å². The number of carbonyl (C=O) groups is 1. The first-order chi connectivity index (χ1) is 14.7. The molecular weight excluding hydrogens is 438 g/mol. The molecule has 1 heterocycles. The lowest BCUT2D eigenvalue weighted by Crippen LogP contribution is -2.31. The van der Waals surface area contributed by atoms with Crippen molar-refractivity contribution in [2.45, 2.75) is 26.3 Å². The summed E-state index contributed by atoms with van der Waals surface area (Å²) in [5.41, 5.74) is 1.89. The van der Waals surface area contributed by atoms with Gasteiger partial charge in [-0.2, -0.15) is 0 Å². The van der Waals surface area contributed by atoms with Crippen LogP contribution in [0.1, 0.15) is 19.8 Å². The minimum Gasteiger partial charge on any atom is -0.495 e. The molecule has 0 bridgehead atoms. The first kappa shape index (κ1) is 22.8. The molecule has 3 rings (SSSR count). The number of aromatic nitrogens is 1. The van der Waals surface area contributed by atoms with Gasteiger partial charge in [-0.05, 0) is 43.7 Å². The number of nitrogens with zero attached hydrogens (tertiary/aromatic N) is 2. The molecule has 8 nitrogen and oxygen atoms in total. The van der Waals surface area contributed by atoms with Crippen LogP contribution < -0.4 is 19.2 Å². The van der Waals surface area contributed by atoms with E-state index in [1.54, 1.807) is 41.0 Å². The molecule has 166 valence electrons. The number of para-hydroxylation sites is 2. The maximum absolute atomic E-state index is 12.4. The molecule has 0 saturated carbocycles. The van der Waals surface area contributed by atoms with Crippen LogP contribution in [0.15, 0.2) is 47.3 Å². The van der Waals surface area contributed by atoms with Gasteiger partial charge in [-0.15, -0.1) is 0 Å². The Morgan fingerprint density at radius 2 is 1.97 bits per heavy atom. The Balaban J connectivity index is 1.66. The van der Waals surface area contributed by atoms with Crippen molar-refractivity contribution in [3.63, 3.8) is 0 Å². The fraction of sp³-hybridized carbons (Fsp3) is 0.333. The van der Waals surface area contributed by atoms with E-state index < -0.39 is 10.0 Å². The van der Waals surface area contributed by atoms with E-state index in [1.165, 1.54) is 11.4 Å². The summed E-state index contributed by atoms with van der Waals surface area (Å²) in [4.78, 5) is 24.4. The van der Waals surface area contributed by atoms with Crippen LogP contribution in [0.25, 0.3) is 10.2 Å². The van der Waals surface area contributed by atoms with Crippen LogP contribution in [0, 0.1) is 0 Å². The van der Waals surface area contributed by atoms with Gasteiger partial charge < -0.3 is 10.1 Å². The highest BCUT2D eigenvalue weighted by Crippen LogP contribution is 2.29. The fourth-order valence-corrected chi connectivity index (χ4v) is 5.31. The largest absolute Gasteiger partial charge is 0.495 e. The predicted octanol–water partition coefficient (Wildman–Crippen LogP) is 3.28. The van der Waals surface area contributed by atoms with Crippen molar-refractivity contribution in [1.29, 1.82) is 0 Å². The maximum atomic E-state index is 12.4. The fourth-order valence-electron chi connectivity index (χ4n) is 3.35. The Bertz CT molecular complexity index is 1250. The monoisotopic (exact) mass is 463 g/mol. The van der Waals surface area contributed by atoms with E-state index in [4.69, 9.17) is 4.74 Å². The van der Waals surface area contributed by atoms with Crippen LogP contribution in [-0.2, 0) is 21.4 Å². The van der Waals surface area contributed by atoms with Crippen molar-refractivity contribution in [2.75, 3.05) is 29.5 Å². The summed E-state index contributed by atoms with van der Waals surface area (Å²) in [5, 5.41) is 2.82. The first-order valence-electron chi connectivity index (χ1n) is 9.78. The van der Waals surface area contributed by atoms with Crippen LogP contribution in [0.3, 0.4) is 0 Å². The molecule has 1 amide bonds. The third-order valence-electron chi connectivity index (χ3n) is 4.79. The van der Waals surface area contributed by atoms with Gasteiger partial charge in [0.1, 0.15) is 5.75 Å². The zero-order valence-electron chi connectivity index (χ0n) is 17.6. The van der Waals surface area contributed by atoms with E-state index >= 15 is 0 Å². The van der Waals surface area contributed by atoms with E-state index in [1.807, 2.05) is 13.0 Å². The van der Waals surface area contributed by atoms with Gasteiger partial charge >= 0.3 is 4.87 Å². The van der Waals surface area contributed by atoms with E-state index in [0.29, 0.717) is 30.1 Å². The first-order valence-corrected chi connectivity index (χ1v) is 12.4. The number of ether oxygens (including phenoxy) is 1. The van der Waals surface area contributed by atoms with Gasteiger partial charge in [-0.1, -0.05) is 23.5 Å². The van der Waals surface area contributed by atoms with E-state index in [0.717, 1.165) is 27.8 Å². The van der Waals surface area contributed by atoms with Crippen LogP contribution in [-0.4, -0.2) is 38.8 Å². The van der Waals surface area contributed by atoms with Gasteiger partial charge in [-0.3, -0.25) is 18.5 Å². The molecule has 3 aromatic rings. The number of aryl methyl sites for hydroxylation is 1. The number of nitrogens with one attached hydrogen (secondary N) is 1. The smallest absolute Gasteiger partial charge is 0.308 e. The molecule has 0 fully saturated rings. The van der Waals surface area contributed by atoms with Crippen LogP contribution in [0.2, 0.25) is 0 Å². The Labute approximate surface area is 185 Å². The second-order valence-corrected chi connectivity index (χ2v) is 9.85.